The Kier molecular flexibility index (Phi) is 4.00. The highest BCUT2D eigenvalue weighted by Gasteiger charge is 2.26. The Morgan fingerprint density at radius 1 is 1.46 bits per heavy atom. The summed E-state index contributed by atoms with van der Waals surface area (Å²) < 4.78 is 0. The molecule has 13 heavy (non-hydrogen) atoms. The van der Waals surface area contributed by atoms with Crippen LogP contribution in [-0.4, -0.2) is 10.9 Å². The fraction of sp³-hybridized carbons (Fsp3) is 0.727. The lowest BCUT2D eigenvalue weighted by atomic mass is 10.1. The van der Waals surface area contributed by atoms with Gasteiger partial charge >= 0.3 is 0 Å². The fourth-order valence-corrected chi connectivity index (χ4v) is 1.28. The fourth-order valence-electron chi connectivity index (χ4n) is 1.28. The third-order valence-corrected chi connectivity index (χ3v) is 2.33. The van der Waals surface area contributed by atoms with Crippen molar-refractivity contribution in [1.29, 1.82) is 0 Å². The van der Waals surface area contributed by atoms with E-state index >= 15 is 0 Å². The molecule has 0 heterocycles. The Labute approximate surface area is 79.6 Å². The van der Waals surface area contributed by atoms with Crippen LogP contribution in [0.2, 0.25) is 0 Å². The van der Waals surface area contributed by atoms with Gasteiger partial charge in [0.25, 0.3) is 0 Å². The highest BCUT2D eigenvalue weighted by atomic mass is 16.3. The van der Waals surface area contributed by atoms with Gasteiger partial charge in [-0.05, 0) is 19.3 Å². The second-order valence-electron chi connectivity index (χ2n) is 3.77. The standard InChI is InChI=1S/C11H18O2/c1-2-3-4-5-10(12)8-11(13)9-6-7-9/h8-9,13H,2-7H2,1H3. The van der Waals surface area contributed by atoms with Crippen LogP contribution in [0.4, 0.5) is 0 Å². The van der Waals surface area contributed by atoms with Crippen molar-refractivity contribution < 1.29 is 9.90 Å². The van der Waals surface area contributed by atoms with Gasteiger partial charge in [0.1, 0.15) is 0 Å². The average Bonchev–Trinajstić information content (AvgIpc) is 2.86. The molecule has 0 saturated heterocycles. The van der Waals surface area contributed by atoms with Crippen molar-refractivity contribution in [2.24, 2.45) is 5.92 Å². The van der Waals surface area contributed by atoms with Gasteiger partial charge in [0.2, 0.25) is 0 Å². The van der Waals surface area contributed by atoms with Crippen molar-refractivity contribution in [3.63, 3.8) is 0 Å². The van der Waals surface area contributed by atoms with Gasteiger partial charge in [0.05, 0.1) is 5.76 Å². The van der Waals surface area contributed by atoms with E-state index in [2.05, 4.69) is 6.92 Å². The molecule has 0 radical (unpaired) electrons. The quantitative estimate of drug-likeness (QED) is 0.389. The second-order valence-corrected chi connectivity index (χ2v) is 3.77. The van der Waals surface area contributed by atoms with Crippen molar-refractivity contribution in [1.82, 2.24) is 0 Å². The zero-order valence-corrected chi connectivity index (χ0v) is 8.25. The summed E-state index contributed by atoms with van der Waals surface area (Å²) in [7, 11) is 0. The normalized spacial score (nSPS) is 17.5. The Hall–Kier alpha value is -0.790. The predicted octanol–water partition coefficient (Wildman–Crippen LogP) is 2.99. The molecule has 0 spiro atoms. The van der Waals surface area contributed by atoms with Crippen LogP contribution in [0, 0.1) is 5.92 Å². The second kappa shape index (κ2) is 5.05. The number of hydrogen-bond acceptors (Lipinski definition) is 2. The van der Waals surface area contributed by atoms with Crippen molar-refractivity contribution in [3.8, 4) is 0 Å². The lowest BCUT2D eigenvalue weighted by Crippen LogP contribution is -1.96. The maximum atomic E-state index is 11.2. The summed E-state index contributed by atoms with van der Waals surface area (Å²) >= 11 is 0. The number of rotatable bonds is 6. The molecule has 0 aliphatic heterocycles. The first-order valence-electron chi connectivity index (χ1n) is 5.17. The van der Waals surface area contributed by atoms with Crippen molar-refractivity contribution in [2.75, 3.05) is 0 Å². The highest BCUT2D eigenvalue weighted by molar-refractivity contribution is 5.90. The van der Waals surface area contributed by atoms with Gasteiger partial charge in [0, 0.05) is 18.4 Å². The number of aliphatic hydroxyl groups is 1. The largest absolute Gasteiger partial charge is 0.512 e. The Bertz CT molecular complexity index is 202. The van der Waals surface area contributed by atoms with E-state index in [4.69, 9.17) is 0 Å². The van der Waals surface area contributed by atoms with E-state index in [0.29, 0.717) is 18.1 Å². The van der Waals surface area contributed by atoms with Crippen molar-refractivity contribution in [2.45, 2.75) is 45.4 Å². The topological polar surface area (TPSA) is 37.3 Å². The summed E-state index contributed by atoms with van der Waals surface area (Å²) in [5, 5.41) is 9.36. The Balaban J connectivity index is 2.19. The predicted molar refractivity (Wildman–Crippen MR) is 52.6 cm³/mol. The first kappa shape index (κ1) is 10.3. The summed E-state index contributed by atoms with van der Waals surface area (Å²) in [5.41, 5.74) is 0. The van der Waals surface area contributed by atoms with E-state index in [-0.39, 0.29) is 5.78 Å². The smallest absolute Gasteiger partial charge is 0.159 e. The first-order valence-corrected chi connectivity index (χ1v) is 5.17. The minimum absolute atomic E-state index is 0.0813. The molecule has 1 rings (SSSR count). The van der Waals surface area contributed by atoms with Crippen LogP contribution in [0.1, 0.15) is 45.4 Å². The van der Waals surface area contributed by atoms with Crippen LogP contribution in [0.3, 0.4) is 0 Å². The van der Waals surface area contributed by atoms with Crippen LogP contribution in [0.5, 0.6) is 0 Å². The zero-order valence-electron chi connectivity index (χ0n) is 8.25. The van der Waals surface area contributed by atoms with Gasteiger partial charge in [-0.2, -0.15) is 0 Å². The molecule has 0 aromatic heterocycles. The van der Waals surface area contributed by atoms with E-state index in [9.17, 15) is 9.90 Å². The van der Waals surface area contributed by atoms with Gasteiger partial charge in [-0.1, -0.05) is 19.8 Å². The molecule has 2 nitrogen and oxygen atoms in total. The van der Waals surface area contributed by atoms with Gasteiger partial charge in [-0.25, -0.2) is 0 Å². The van der Waals surface area contributed by atoms with Gasteiger partial charge in [-0.3, -0.25) is 4.79 Å². The van der Waals surface area contributed by atoms with Gasteiger partial charge in [-0.15, -0.1) is 0 Å². The molecule has 1 aliphatic rings. The third-order valence-electron chi connectivity index (χ3n) is 2.33. The molecule has 0 aromatic carbocycles. The maximum absolute atomic E-state index is 11.2. The molecule has 1 N–H and O–H groups in total. The molecule has 1 saturated carbocycles. The van der Waals surface area contributed by atoms with Crippen LogP contribution in [0.15, 0.2) is 11.8 Å². The minimum Gasteiger partial charge on any atom is -0.512 e. The number of carbonyl (C=O) groups is 1. The van der Waals surface area contributed by atoms with Crippen LogP contribution < -0.4 is 0 Å². The molecule has 1 aliphatic carbocycles. The SMILES string of the molecule is CCCCCC(=O)C=C(O)C1CC1. The summed E-state index contributed by atoms with van der Waals surface area (Å²) in [6.07, 6.45) is 7.28. The number of carbonyl (C=O) groups excluding carboxylic acids is 1. The average molecular weight is 182 g/mol. The van der Waals surface area contributed by atoms with E-state index < -0.39 is 0 Å². The molecule has 2 heteroatoms. The highest BCUT2D eigenvalue weighted by Crippen LogP contribution is 2.34. The Morgan fingerprint density at radius 2 is 2.15 bits per heavy atom. The van der Waals surface area contributed by atoms with E-state index in [1.807, 2.05) is 0 Å². The number of aliphatic hydroxyl groups excluding tert-OH is 1. The van der Waals surface area contributed by atoms with E-state index in [0.717, 1.165) is 32.1 Å². The van der Waals surface area contributed by atoms with Crippen molar-refractivity contribution >= 4 is 5.78 Å². The van der Waals surface area contributed by atoms with E-state index in [1.165, 1.54) is 6.08 Å². The number of hydrogen-bond donors (Lipinski definition) is 1. The van der Waals surface area contributed by atoms with Crippen LogP contribution >= 0.6 is 0 Å². The Morgan fingerprint density at radius 3 is 2.69 bits per heavy atom. The molecule has 1 fully saturated rings. The van der Waals surface area contributed by atoms with Gasteiger partial charge in [0.15, 0.2) is 5.78 Å². The number of allylic oxidation sites excluding steroid dienone is 2. The molecular weight excluding hydrogens is 164 g/mol. The number of unbranched alkanes of at least 4 members (excludes halogenated alkanes) is 2. The van der Waals surface area contributed by atoms with Crippen molar-refractivity contribution in [3.05, 3.63) is 11.8 Å². The summed E-state index contributed by atoms with van der Waals surface area (Å²) in [6.45, 7) is 2.11. The molecule has 0 unspecified atom stereocenters. The van der Waals surface area contributed by atoms with Crippen LogP contribution in [-0.2, 0) is 4.79 Å². The van der Waals surface area contributed by atoms with Crippen LogP contribution in [0.25, 0.3) is 0 Å². The molecule has 0 bridgehead atoms. The maximum Gasteiger partial charge on any atom is 0.159 e. The number of ketones is 1. The molecule has 0 atom stereocenters. The summed E-state index contributed by atoms with van der Waals surface area (Å²) in [4.78, 5) is 11.2. The lowest BCUT2D eigenvalue weighted by molar-refractivity contribution is -0.114. The third kappa shape index (κ3) is 4.11. The summed E-state index contributed by atoms with van der Waals surface area (Å²) in [5.74, 6) is 0.689. The van der Waals surface area contributed by atoms with Gasteiger partial charge < -0.3 is 5.11 Å². The summed E-state index contributed by atoms with van der Waals surface area (Å²) in [6, 6.07) is 0. The van der Waals surface area contributed by atoms with E-state index in [1.54, 1.807) is 0 Å². The molecule has 0 amide bonds. The molecule has 0 aromatic rings. The minimum atomic E-state index is 0.0813. The monoisotopic (exact) mass is 182 g/mol. The molecular formula is C11H18O2. The first-order chi connectivity index (χ1) is 6.24. The molecule has 74 valence electrons. The zero-order chi connectivity index (χ0) is 9.68. The lowest BCUT2D eigenvalue weighted by Gasteiger charge is -1.96.